The number of hydrogen-bond donors (Lipinski definition) is 1. The Morgan fingerprint density at radius 3 is 2.33 bits per heavy atom. The number of rotatable bonds is 1. The van der Waals surface area contributed by atoms with Gasteiger partial charge in [0.1, 0.15) is 6.20 Å². The molecule has 0 atom stereocenters. The van der Waals surface area contributed by atoms with Crippen LogP contribution in [0.4, 0.5) is 5.69 Å². The standard InChI is InChI=1S/C6H12N3/c1-9(2,3)6-4-7-8-5-6/h4-5H,1-3H3,(H,7,8)/q+1. The smallest absolute Gasteiger partial charge is 0.170 e. The lowest BCUT2D eigenvalue weighted by atomic mass is 10.5. The van der Waals surface area contributed by atoms with Crippen molar-refractivity contribution in [1.82, 2.24) is 14.7 Å². The van der Waals surface area contributed by atoms with Gasteiger partial charge in [0, 0.05) is 0 Å². The first kappa shape index (κ1) is 6.29. The minimum Gasteiger partial charge on any atom is -0.296 e. The average Bonchev–Trinajstić information content (AvgIpc) is 2.08. The summed E-state index contributed by atoms with van der Waals surface area (Å²) < 4.78 is 0.816. The molecule has 0 spiro atoms. The summed E-state index contributed by atoms with van der Waals surface area (Å²) in [5.74, 6) is 0. The average molecular weight is 126 g/mol. The first-order valence-electron chi connectivity index (χ1n) is 2.91. The summed E-state index contributed by atoms with van der Waals surface area (Å²) in [6.45, 7) is 0. The van der Waals surface area contributed by atoms with Crippen molar-refractivity contribution in [1.29, 1.82) is 0 Å². The molecular weight excluding hydrogens is 114 g/mol. The Morgan fingerprint density at radius 2 is 2.11 bits per heavy atom. The van der Waals surface area contributed by atoms with Crippen LogP contribution in [0.2, 0.25) is 0 Å². The lowest BCUT2D eigenvalue weighted by Gasteiger charge is -2.20. The normalized spacial score (nSPS) is 11.9. The summed E-state index contributed by atoms with van der Waals surface area (Å²) in [5, 5.41) is 6.62. The van der Waals surface area contributed by atoms with Gasteiger partial charge in [0.2, 0.25) is 0 Å². The van der Waals surface area contributed by atoms with Crippen molar-refractivity contribution in [2.45, 2.75) is 0 Å². The highest BCUT2D eigenvalue weighted by Gasteiger charge is 2.11. The van der Waals surface area contributed by atoms with Crippen LogP contribution in [0.1, 0.15) is 0 Å². The predicted molar refractivity (Wildman–Crippen MR) is 38.2 cm³/mol. The number of nitrogens with zero attached hydrogens (tertiary/aromatic N) is 2. The fourth-order valence-electron chi connectivity index (χ4n) is 0.611. The van der Waals surface area contributed by atoms with Gasteiger partial charge in [0.15, 0.2) is 5.69 Å². The van der Waals surface area contributed by atoms with Gasteiger partial charge < -0.3 is 0 Å². The molecule has 0 radical (unpaired) electrons. The molecule has 1 N–H and O–H groups in total. The second-order valence-corrected chi connectivity index (χ2v) is 2.97. The molecule has 0 unspecified atom stereocenters. The van der Waals surface area contributed by atoms with E-state index in [4.69, 9.17) is 0 Å². The van der Waals surface area contributed by atoms with E-state index in [9.17, 15) is 0 Å². The molecule has 3 nitrogen and oxygen atoms in total. The molecule has 0 aliphatic rings. The quantitative estimate of drug-likeness (QED) is 0.549. The van der Waals surface area contributed by atoms with Crippen LogP contribution >= 0.6 is 0 Å². The topological polar surface area (TPSA) is 28.7 Å². The third kappa shape index (κ3) is 1.29. The molecule has 9 heavy (non-hydrogen) atoms. The SMILES string of the molecule is C[N+](C)(C)c1cn[nH]c1. The maximum Gasteiger partial charge on any atom is 0.170 e. The molecule has 0 aromatic carbocycles. The van der Waals surface area contributed by atoms with Gasteiger partial charge in [0.05, 0.1) is 27.3 Å². The summed E-state index contributed by atoms with van der Waals surface area (Å²) in [6, 6.07) is 0. The fourth-order valence-corrected chi connectivity index (χ4v) is 0.611. The summed E-state index contributed by atoms with van der Waals surface area (Å²) in [4.78, 5) is 0. The molecule has 3 heteroatoms. The third-order valence-electron chi connectivity index (χ3n) is 1.26. The van der Waals surface area contributed by atoms with E-state index >= 15 is 0 Å². The van der Waals surface area contributed by atoms with Crippen LogP contribution in [-0.4, -0.2) is 31.3 Å². The monoisotopic (exact) mass is 126 g/mol. The van der Waals surface area contributed by atoms with Crippen molar-refractivity contribution in [2.24, 2.45) is 0 Å². The minimum atomic E-state index is 0.816. The van der Waals surface area contributed by atoms with E-state index in [0.29, 0.717) is 0 Å². The van der Waals surface area contributed by atoms with Crippen LogP contribution in [0.25, 0.3) is 0 Å². The number of nitrogens with one attached hydrogen (secondary N) is 1. The minimum absolute atomic E-state index is 0.816. The van der Waals surface area contributed by atoms with E-state index < -0.39 is 0 Å². The first-order chi connectivity index (χ1) is 4.11. The van der Waals surface area contributed by atoms with E-state index in [-0.39, 0.29) is 0 Å². The van der Waals surface area contributed by atoms with Crippen molar-refractivity contribution in [3.8, 4) is 0 Å². The molecule has 50 valence electrons. The Hall–Kier alpha value is -0.830. The summed E-state index contributed by atoms with van der Waals surface area (Å²) >= 11 is 0. The van der Waals surface area contributed by atoms with Crippen LogP contribution in [0.15, 0.2) is 12.4 Å². The Balaban J connectivity index is 2.90. The van der Waals surface area contributed by atoms with Gasteiger partial charge in [-0.2, -0.15) is 5.10 Å². The lowest BCUT2D eigenvalue weighted by molar-refractivity contribution is 0.486. The summed E-state index contributed by atoms with van der Waals surface area (Å²) in [6.07, 6.45) is 3.74. The molecule has 0 saturated heterocycles. The van der Waals surface area contributed by atoms with E-state index in [1.807, 2.05) is 12.4 Å². The van der Waals surface area contributed by atoms with Crippen LogP contribution in [0.3, 0.4) is 0 Å². The molecule has 0 fully saturated rings. The lowest BCUT2D eigenvalue weighted by Crippen LogP contribution is -2.34. The number of aromatic nitrogens is 2. The molecule has 1 aromatic rings. The van der Waals surface area contributed by atoms with Gasteiger partial charge in [0.25, 0.3) is 0 Å². The fraction of sp³-hybridized carbons (Fsp3) is 0.500. The van der Waals surface area contributed by atoms with Crippen LogP contribution in [0, 0.1) is 0 Å². The number of quaternary nitrogens is 1. The highest BCUT2D eigenvalue weighted by atomic mass is 15.3. The van der Waals surface area contributed by atoms with E-state index in [2.05, 4.69) is 31.3 Å². The zero-order valence-corrected chi connectivity index (χ0v) is 6.05. The molecular formula is C6H12N3+. The summed E-state index contributed by atoms with van der Waals surface area (Å²) in [7, 11) is 6.31. The number of hydrogen-bond acceptors (Lipinski definition) is 1. The van der Waals surface area contributed by atoms with E-state index in [0.717, 1.165) is 4.48 Å². The third-order valence-corrected chi connectivity index (χ3v) is 1.26. The Bertz CT molecular complexity index is 171. The molecule has 0 aliphatic carbocycles. The molecule has 0 saturated carbocycles. The molecule has 0 amide bonds. The molecule has 1 rings (SSSR count). The van der Waals surface area contributed by atoms with Gasteiger partial charge in [-0.25, -0.2) is 0 Å². The largest absolute Gasteiger partial charge is 0.296 e. The van der Waals surface area contributed by atoms with Crippen LogP contribution in [0.5, 0.6) is 0 Å². The number of aromatic amines is 1. The Morgan fingerprint density at radius 1 is 1.44 bits per heavy atom. The summed E-state index contributed by atoms with van der Waals surface area (Å²) in [5.41, 5.74) is 1.19. The Kier molecular flexibility index (Phi) is 1.29. The van der Waals surface area contributed by atoms with Gasteiger partial charge >= 0.3 is 0 Å². The molecule has 0 aliphatic heterocycles. The van der Waals surface area contributed by atoms with Crippen molar-refractivity contribution in [2.75, 3.05) is 21.1 Å². The second kappa shape index (κ2) is 1.84. The second-order valence-electron chi connectivity index (χ2n) is 2.97. The zero-order valence-electron chi connectivity index (χ0n) is 6.05. The van der Waals surface area contributed by atoms with E-state index in [1.165, 1.54) is 5.69 Å². The van der Waals surface area contributed by atoms with Crippen LogP contribution < -0.4 is 4.48 Å². The van der Waals surface area contributed by atoms with Crippen molar-refractivity contribution >= 4 is 5.69 Å². The van der Waals surface area contributed by atoms with Crippen molar-refractivity contribution < 1.29 is 0 Å². The first-order valence-corrected chi connectivity index (χ1v) is 2.91. The molecule has 0 bridgehead atoms. The molecule has 1 heterocycles. The highest BCUT2D eigenvalue weighted by Crippen LogP contribution is 2.11. The number of H-pyrrole nitrogens is 1. The van der Waals surface area contributed by atoms with Gasteiger partial charge in [-0.15, -0.1) is 0 Å². The Labute approximate surface area is 54.9 Å². The van der Waals surface area contributed by atoms with Gasteiger partial charge in [-0.1, -0.05) is 0 Å². The molecule has 1 aromatic heterocycles. The maximum absolute atomic E-state index is 3.85. The van der Waals surface area contributed by atoms with Crippen LogP contribution in [-0.2, 0) is 0 Å². The van der Waals surface area contributed by atoms with E-state index in [1.54, 1.807) is 0 Å². The maximum atomic E-state index is 3.85. The van der Waals surface area contributed by atoms with Crippen molar-refractivity contribution in [3.05, 3.63) is 12.4 Å². The van der Waals surface area contributed by atoms with Crippen molar-refractivity contribution in [3.63, 3.8) is 0 Å². The highest BCUT2D eigenvalue weighted by molar-refractivity contribution is 5.34. The van der Waals surface area contributed by atoms with Gasteiger partial charge in [-0.3, -0.25) is 9.58 Å². The predicted octanol–water partition coefficient (Wildman–Crippen LogP) is 0.606. The zero-order chi connectivity index (χ0) is 6.91. The van der Waals surface area contributed by atoms with Gasteiger partial charge in [-0.05, 0) is 0 Å².